The van der Waals surface area contributed by atoms with Crippen LogP contribution in [0, 0.1) is 0 Å². The highest BCUT2D eigenvalue weighted by atomic mass is 16.5. The summed E-state index contributed by atoms with van der Waals surface area (Å²) in [4.78, 5) is 17.2. The lowest BCUT2D eigenvalue weighted by Gasteiger charge is -2.17. The van der Waals surface area contributed by atoms with E-state index in [1.54, 1.807) is 13.1 Å². The van der Waals surface area contributed by atoms with Gasteiger partial charge in [-0.15, -0.1) is 0 Å². The molecular weight excluding hydrogens is 220 g/mol. The fourth-order valence-electron chi connectivity index (χ4n) is 1.27. The maximum Gasteiger partial charge on any atom is 0.276 e. The van der Waals surface area contributed by atoms with Gasteiger partial charge in [-0.2, -0.15) is 0 Å². The van der Waals surface area contributed by atoms with Crippen LogP contribution in [0.3, 0.4) is 0 Å². The van der Waals surface area contributed by atoms with Crippen LogP contribution in [0.4, 0.5) is 0 Å². The number of carbonyl (C=O) groups excluding carboxylic acids is 1. The molecule has 1 amide bonds. The summed E-state index contributed by atoms with van der Waals surface area (Å²) in [6.45, 7) is 4.80. The SMILES string of the molecule is CC(C)OCCN(C)C(=O)c1ncccc1O. The normalized spacial score (nSPS) is 10.6. The van der Waals surface area contributed by atoms with Gasteiger partial charge >= 0.3 is 0 Å². The van der Waals surface area contributed by atoms with Crippen molar-refractivity contribution in [3.05, 3.63) is 24.0 Å². The van der Waals surface area contributed by atoms with Gasteiger partial charge in [0.25, 0.3) is 5.91 Å². The first-order valence-electron chi connectivity index (χ1n) is 5.53. The molecule has 1 rings (SSSR count). The molecule has 1 aromatic heterocycles. The Labute approximate surface area is 101 Å². The monoisotopic (exact) mass is 238 g/mol. The molecule has 1 heterocycles. The van der Waals surface area contributed by atoms with Crippen molar-refractivity contribution >= 4 is 5.91 Å². The van der Waals surface area contributed by atoms with E-state index in [1.807, 2.05) is 13.8 Å². The van der Waals surface area contributed by atoms with Crippen molar-refractivity contribution in [2.45, 2.75) is 20.0 Å². The summed E-state index contributed by atoms with van der Waals surface area (Å²) >= 11 is 0. The van der Waals surface area contributed by atoms with Crippen molar-refractivity contribution in [1.82, 2.24) is 9.88 Å². The van der Waals surface area contributed by atoms with E-state index in [0.717, 1.165) is 0 Å². The van der Waals surface area contributed by atoms with Crippen LogP contribution < -0.4 is 0 Å². The molecule has 0 unspecified atom stereocenters. The van der Waals surface area contributed by atoms with E-state index in [9.17, 15) is 9.90 Å². The number of hydrogen-bond donors (Lipinski definition) is 1. The van der Waals surface area contributed by atoms with Crippen molar-refractivity contribution < 1.29 is 14.6 Å². The second-order valence-electron chi connectivity index (χ2n) is 4.02. The van der Waals surface area contributed by atoms with E-state index in [4.69, 9.17) is 4.74 Å². The molecule has 0 spiro atoms. The molecule has 0 radical (unpaired) electrons. The summed E-state index contributed by atoms with van der Waals surface area (Å²) in [5.41, 5.74) is 0.0690. The zero-order chi connectivity index (χ0) is 12.8. The molecule has 0 bridgehead atoms. The summed E-state index contributed by atoms with van der Waals surface area (Å²) in [6.07, 6.45) is 1.62. The summed E-state index contributed by atoms with van der Waals surface area (Å²) < 4.78 is 5.35. The van der Waals surface area contributed by atoms with E-state index in [1.165, 1.54) is 17.2 Å². The van der Waals surface area contributed by atoms with Gasteiger partial charge in [0.05, 0.1) is 12.7 Å². The number of nitrogens with zero attached hydrogens (tertiary/aromatic N) is 2. The van der Waals surface area contributed by atoms with Crippen LogP contribution in [-0.4, -0.2) is 47.2 Å². The third-order valence-electron chi connectivity index (χ3n) is 2.21. The number of hydrogen-bond acceptors (Lipinski definition) is 4. The lowest BCUT2D eigenvalue weighted by Crippen LogP contribution is -2.31. The third kappa shape index (κ3) is 4.03. The van der Waals surface area contributed by atoms with Crippen LogP contribution in [0.2, 0.25) is 0 Å². The predicted octanol–water partition coefficient (Wildman–Crippen LogP) is 1.28. The molecule has 94 valence electrons. The molecule has 0 atom stereocenters. The fourth-order valence-corrected chi connectivity index (χ4v) is 1.27. The Balaban J connectivity index is 2.55. The first-order valence-corrected chi connectivity index (χ1v) is 5.53. The Morgan fingerprint density at radius 3 is 2.88 bits per heavy atom. The number of aromatic hydroxyl groups is 1. The van der Waals surface area contributed by atoms with Gasteiger partial charge in [0.1, 0.15) is 5.75 Å². The lowest BCUT2D eigenvalue weighted by molar-refractivity contribution is 0.0527. The highest BCUT2D eigenvalue weighted by Crippen LogP contribution is 2.14. The first-order chi connectivity index (χ1) is 8.02. The number of likely N-dealkylation sites (N-methyl/N-ethyl adjacent to an activating group) is 1. The maximum absolute atomic E-state index is 11.9. The molecule has 1 N–H and O–H groups in total. The molecule has 0 saturated carbocycles. The van der Waals surface area contributed by atoms with Crippen molar-refractivity contribution in [1.29, 1.82) is 0 Å². The highest BCUT2D eigenvalue weighted by molar-refractivity contribution is 5.94. The maximum atomic E-state index is 11.9. The summed E-state index contributed by atoms with van der Waals surface area (Å²) in [6, 6.07) is 3.02. The topological polar surface area (TPSA) is 62.7 Å². The van der Waals surface area contributed by atoms with Gasteiger partial charge in [0, 0.05) is 19.8 Å². The third-order valence-corrected chi connectivity index (χ3v) is 2.21. The van der Waals surface area contributed by atoms with Crippen molar-refractivity contribution in [2.75, 3.05) is 20.2 Å². The molecule has 0 aliphatic rings. The lowest BCUT2D eigenvalue weighted by atomic mass is 10.3. The Morgan fingerprint density at radius 1 is 1.59 bits per heavy atom. The van der Waals surface area contributed by atoms with Gasteiger partial charge in [-0.05, 0) is 26.0 Å². The van der Waals surface area contributed by atoms with Gasteiger partial charge in [-0.25, -0.2) is 4.98 Å². The number of aromatic nitrogens is 1. The zero-order valence-electron chi connectivity index (χ0n) is 10.4. The first kappa shape index (κ1) is 13.4. The molecular formula is C12H18N2O3. The van der Waals surface area contributed by atoms with Gasteiger partial charge in [0.2, 0.25) is 0 Å². The molecule has 0 saturated heterocycles. The molecule has 5 heteroatoms. The number of ether oxygens (including phenoxy) is 1. The molecule has 0 aliphatic carbocycles. The van der Waals surface area contributed by atoms with E-state index < -0.39 is 0 Å². The Hall–Kier alpha value is -1.62. The van der Waals surface area contributed by atoms with Gasteiger partial charge in [-0.1, -0.05) is 0 Å². The van der Waals surface area contributed by atoms with Crippen molar-refractivity contribution in [3.63, 3.8) is 0 Å². The zero-order valence-corrected chi connectivity index (χ0v) is 10.4. The molecule has 1 aromatic rings. The van der Waals surface area contributed by atoms with Gasteiger partial charge < -0.3 is 14.7 Å². The molecule has 0 aromatic carbocycles. The Bertz CT molecular complexity index is 380. The van der Waals surface area contributed by atoms with E-state index in [-0.39, 0.29) is 23.5 Å². The van der Waals surface area contributed by atoms with Crippen LogP contribution in [0.5, 0.6) is 5.75 Å². The molecule has 5 nitrogen and oxygen atoms in total. The largest absolute Gasteiger partial charge is 0.505 e. The Kier molecular flexibility index (Phi) is 4.90. The number of carbonyl (C=O) groups is 1. The van der Waals surface area contributed by atoms with Crippen LogP contribution in [0.15, 0.2) is 18.3 Å². The summed E-state index contributed by atoms with van der Waals surface area (Å²) in [5.74, 6) is -0.412. The van der Waals surface area contributed by atoms with Crippen LogP contribution in [0.25, 0.3) is 0 Å². The summed E-state index contributed by atoms with van der Waals surface area (Å²) in [5, 5.41) is 9.50. The molecule has 0 fully saturated rings. The summed E-state index contributed by atoms with van der Waals surface area (Å²) in [7, 11) is 1.65. The van der Waals surface area contributed by atoms with Crippen molar-refractivity contribution in [2.24, 2.45) is 0 Å². The quantitative estimate of drug-likeness (QED) is 0.839. The van der Waals surface area contributed by atoms with Crippen LogP contribution >= 0.6 is 0 Å². The van der Waals surface area contributed by atoms with E-state index >= 15 is 0 Å². The smallest absolute Gasteiger partial charge is 0.276 e. The predicted molar refractivity (Wildman–Crippen MR) is 64.0 cm³/mol. The van der Waals surface area contributed by atoms with Gasteiger partial charge in [-0.3, -0.25) is 4.79 Å². The van der Waals surface area contributed by atoms with Crippen LogP contribution in [0.1, 0.15) is 24.3 Å². The highest BCUT2D eigenvalue weighted by Gasteiger charge is 2.16. The second-order valence-corrected chi connectivity index (χ2v) is 4.02. The molecule has 0 aliphatic heterocycles. The van der Waals surface area contributed by atoms with Gasteiger partial charge in [0.15, 0.2) is 5.69 Å². The number of rotatable bonds is 5. The standard InChI is InChI=1S/C12H18N2O3/c1-9(2)17-8-7-14(3)12(16)11-10(15)5-4-6-13-11/h4-6,9,15H,7-8H2,1-3H3. The average Bonchev–Trinajstić information content (AvgIpc) is 2.28. The average molecular weight is 238 g/mol. The fraction of sp³-hybridized carbons (Fsp3) is 0.500. The Morgan fingerprint density at radius 2 is 2.29 bits per heavy atom. The molecule has 17 heavy (non-hydrogen) atoms. The van der Waals surface area contributed by atoms with Crippen LogP contribution in [-0.2, 0) is 4.74 Å². The van der Waals surface area contributed by atoms with E-state index in [0.29, 0.717) is 13.2 Å². The minimum atomic E-state index is -0.310. The second kappa shape index (κ2) is 6.20. The minimum absolute atomic E-state index is 0.0690. The number of pyridine rings is 1. The van der Waals surface area contributed by atoms with Crippen molar-refractivity contribution in [3.8, 4) is 5.75 Å². The minimum Gasteiger partial charge on any atom is -0.505 e. The number of amides is 1. The van der Waals surface area contributed by atoms with E-state index in [2.05, 4.69) is 4.98 Å².